The molecule has 0 spiro atoms. The van der Waals surface area contributed by atoms with Gasteiger partial charge in [0.1, 0.15) is 28.6 Å². The Kier molecular flexibility index (Phi) is 4.45. The highest BCUT2D eigenvalue weighted by atomic mass is 19.4. The molecule has 0 aliphatic carbocycles. The number of pyridine rings is 1. The standard InChI is InChI=1S/C14H7F5N2O5/c15-5-2-6(16)4(14(17,18)19)1-3(5)7-8(12(23)24)10(20)21-11(22)9(7)13(25)26/h1-2H,(H,23,24)(H,25,26)(H3,20,21,22). The first-order valence-electron chi connectivity index (χ1n) is 6.45. The van der Waals surface area contributed by atoms with Crippen LogP contribution in [0, 0.1) is 11.6 Å². The van der Waals surface area contributed by atoms with E-state index in [0.29, 0.717) is 0 Å². The van der Waals surface area contributed by atoms with E-state index in [1.807, 2.05) is 0 Å². The third kappa shape index (κ3) is 3.08. The lowest BCUT2D eigenvalue weighted by Gasteiger charge is -2.15. The second-order valence-electron chi connectivity index (χ2n) is 4.91. The predicted molar refractivity (Wildman–Crippen MR) is 75.7 cm³/mol. The van der Waals surface area contributed by atoms with E-state index in [-0.39, 0.29) is 12.1 Å². The number of rotatable bonds is 3. The van der Waals surface area contributed by atoms with Crippen molar-refractivity contribution in [2.24, 2.45) is 0 Å². The van der Waals surface area contributed by atoms with Crippen LogP contribution < -0.4 is 11.3 Å². The first kappa shape index (κ1) is 18.9. The maximum Gasteiger partial charge on any atom is 0.419 e. The molecular formula is C14H7F5N2O5. The molecule has 0 radical (unpaired) electrons. The smallest absolute Gasteiger partial charge is 0.419 e. The van der Waals surface area contributed by atoms with Gasteiger partial charge in [-0.25, -0.2) is 18.4 Å². The van der Waals surface area contributed by atoms with E-state index >= 15 is 0 Å². The molecule has 0 aliphatic rings. The number of hydrogen-bond donors (Lipinski definition) is 4. The fourth-order valence-corrected chi connectivity index (χ4v) is 2.27. The molecular weight excluding hydrogens is 371 g/mol. The number of alkyl halides is 3. The number of benzene rings is 1. The summed E-state index contributed by atoms with van der Waals surface area (Å²) < 4.78 is 66.1. The first-order chi connectivity index (χ1) is 11.9. The van der Waals surface area contributed by atoms with Crippen molar-refractivity contribution >= 4 is 17.8 Å². The highest BCUT2D eigenvalue weighted by Gasteiger charge is 2.37. The quantitative estimate of drug-likeness (QED) is 0.606. The summed E-state index contributed by atoms with van der Waals surface area (Å²) in [5.74, 6) is -8.65. The Balaban J connectivity index is 3.08. The summed E-state index contributed by atoms with van der Waals surface area (Å²) >= 11 is 0. The lowest BCUT2D eigenvalue weighted by molar-refractivity contribution is -0.140. The first-order valence-corrected chi connectivity index (χ1v) is 6.45. The Morgan fingerprint density at radius 2 is 1.54 bits per heavy atom. The zero-order valence-corrected chi connectivity index (χ0v) is 12.2. The van der Waals surface area contributed by atoms with Crippen molar-refractivity contribution in [3.05, 3.63) is 50.8 Å². The second kappa shape index (κ2) is 6.13. The summed E-state index contributed by atoms with van der Waals surface area (Å²) in [6, 6.07) is -0.329. The number of carbonyl (C=O) groups is 2. The molecule has 0 saturated heterocycles. The fourth-order valence-electron chi connectivity index (χ4n) is 2.27. The Morgan fingerprint density at radius 3 is 2.00 bits per heavy atom. The van der Waals surface area contributed by atoms with Crippen LogP contribution in [0.5, 0.6) is 0 Å². The fraction of sp³-hybridized carbons (Fsp3) is 0.0714. The molecule has 0 fully saturated rings. The number of H-pyrrole nitrogens is 1. The summed E-state index contributed by atoms with van der Waals surface area (Å²) in [6.07, 6.45) is -5.30. The molecule has 7 nitrogen and oxygen atoms in total. The SMILES string of the molecule is Nc1[nH]c(=O)c(C(=O)O)c(-c2cc(C(F)(F)F)c(F)cc2F)c1C(=O)O. The second-order valence-corrected chi connectivity index (χ2v) is 4.91. The Labute approximate surface area is 139 Å². The average molecular weight is 378 g/mol. The molecule has 1 aromatic carbocycles. The largest absolute Gasteiger partial charge is 0.478 e. The van der Waals surface area contributed by atoms with E-state index < -0.39 is 68.9 Å². The molecule has 2 rings (SSSR count). The van der Waals surface area contributed by atoms with Crippen LogP contribution >= 0.6 is 0 Å². The number of aromatic amines is 1. The van der Waals surface area contributed by atoms with Gasteiger partial charge in [0.15, 0.2) is 0 Å². The summed E-state index contributed by atoms with van der Waals surface area (Å²) in [4.78, 5) is 36.1. The third-order valence-corrected chi connectivity index (χ3v) is 3.30. The van der Waals surface area contributed by atoms with Crippen LogP contribution in [0.1, 0.15) is 26.3 Å². The van der Waals surface area contributed by atoms with Crippen LogP contribution in [0.25, 0.3) is 11.1 Å². The van der Waals surface area contributed by atoms with Crippen LogP contribution in [0.4, 0.5) is 27.8 Å². The van der Waals surface area contributed by atoms with E-state index in [4.69, 9.17) is 15.9 Å². The highest BCUT2D eigenvalue weighted by Crippen LogP contribution is 2.38. The van der Waals surface area contributed by atoms with Crippen molar-refractivity contribution in [3.8, 4) is 11.1 Å². The number of carboxylic acid groups (broad SMARTS) is 2. The molecule has 138 valence electrons. The number of carboxylic acids is 2. The van der Waals surface area contributed by atoms with Gasteiger partial charge in [-0.2, -0.15) is 13.2 Å². The predicted octanol–water partition coefficient (Wildman–Crippen LogP) is 2.32. The van der Waals surface area contributed by atoms with Crippen molar-refractivity contribution in [1.82, 2.24) is 4.98 Å². The molecule has 26 heavy (non-hydrogen) atoms. The molecule has 0 amide bonds. The van der Waals surface area contributed by atoms with Gasteiger partial charge in [0, 0.05) is 17.2 Å². The number of aromatic carboxylic acids is 2. The van der Waals surface area contributed by atoms with Crippen LogP contribution in [0.15, 0.2) is 16.9 Å². The summed E-state index contributed by atoms with van der Waals surface area (Å²) in [7, 11) is 0. The van der Waals surface area contributed by atoms with Gasteiger partial charge >= 0.3 is 18.1 Å². The summed E-state index contributed by atoms with van der Waals surface area (Å²) in [6.45, 7) is 0. The van der Waals surface area contributed by atoms with Gasteiger partial charge in [-0.15, -0.1) is 0 Å². The van der Waals surface area contributed by atoms with E-state index in [2.05, 4.69) is 0 Å². The molecule has 2 aromatic rings. The van der Waals surface area contributed by atoms with Gasteiger partial charge in [0.2, 0.25) is 0 Å². The molecule has 0 saturated carbocycles. The van der Waals surface area contributed by atoms with E-state index in [0.717, 1.165) is 0 Å². The van der Waals surface area contributed by atoms with Crippen molar-refractivity contribution in [3.63, 3.8) is 0 Å². The minimum atomic E-state index is -5.30. The van der Waals surface area contributed by atoms with E-state index in [1.54, 1.807) is 4.98 Å². The Morgan fingerprint density at radius 1 is 1.00 bits per heavy atom. The summed E-state index contributed by atoms with van der Waals surface area (Å²) in [5.41, 5.74) is -3.17. The molecule has 0 bridgehead atoms. The van der Waals surface area contributed by atoms with Crippen LogP contribution in [-0.2, 0) is 6.18 Å². The molecule has 0 aliphatic heterocycles. The molecule has 1 aromatic heterocycles. The number of hydrogen-bond acceptors (Lipinski definition) is 4. The zero-order valence-electron chi connectivity index (χ0n) is 12.2. The number of nitrogens with one attached hydrogen (secondary N) is 1. The lowest BCUT2D eigenvalue weighted by Crippen LogP contribution is -2.24. The van der Waals surface area contributed by atoms with Gasteiger partial charge in [0.25, 0.3) is 5.56 Å². The molecule has 0 unspecified atom stereocenters. The van der Waals surface area contributed by atoms with Crippen LogP contribution in [0.3, 0.4) is 0 Å². The van der Waals surface area contributed by atoms with Gasteiger partial charge in [-0.3, -0.25) is 4.79 Å². The van der Waals surface area contributed by atoms with Crippen LogP contribution in [-0.4, -0.2) is 27.1 Å². The van der Waals surface area contributed by atoms with Crippen molar-refractivity contribution < 1.29 is 41.8 Å². The summed E-state index contributed by atoms with van der Waals surface area (Å²) in [5, 5.41) is 18.3. The number of aromatic nitrogens is 1. The maximum absolute atomic E-state index is 14.1. The Hall–Kier alpha value is -3.44. The van der Waals surface area contributed by atoms with Gasteiger partial charge < -0.3 is 20.9 Å². The monoisotopic (exact) mass is 378 g/mol. The van der Waals surface area contributed by atoms with E-state index in [1.165, 1.54) is 0 Å². The van der Waals surface area contributed by atoms with Gasteiger partial charge in [-0.1, -0.05) is 0 Å². The van der Waals surface area contributed by atoms with Crippen molar-refractivity contribution in [2.75, 3.05) is 5.73 Å². The molecule has 0 atom stereocenters. The lowest BCUT2D eigenvalue weighted by atomic mass is 9.93. The molecule has 5 N–H and O–H groups in total. The van der Waals surface area contributed by atoms with Crippen LogP contribution in [0.2, 0.25) is 0 Å². The van der Waals surface area contributed by atoms with Gasteiger partial charge in [-0.05, 0) is 6.07 Å². The Bertz CT molecular complexity index is 997. The maximum atomic E-state index is 14.1. The number of nitrogens with two attached hydrogens (primary N) is 1. The minimum Gasteiger partial charge on any atom is -0.478 e. The average Bonchev–Trinajstić information content (AvgIpc) is 2.43. The topological polar surface area (TPSA) is 133 Å². The van der Waals surface area contributed by atoms with Gasteiger partial charge in [0.05, 0.1) is 5.56 Å². The molecule has 12 heteroatoms. The zero-order chi connectivity index (χ0) is 20.0. The van der Waals surface area contributed by atoms with E-state index in [9.17, 15) is 36.3 Å². The molecule has 1 heterocycles. The minimum absolute atomic E-state index is 0.127. The number of anilines is 1. The third-order valence-electron chi connectivity index (χ3n) is 3.30. The number of nitrogen functional groups attached to an aromatic ring is 1. The normalized spacial score (nSPS) is 11.4. The highest BCUT2D eigenvalue weighted by molar-refractivity contribution is 6.07. The van der Waals surface area contributed by atoms with Crippen molar-refractivity contribution in [1.29, 1.82) is 0 Å². The number of halogens is 5. The van der Waals surface area contributed by atoms with Crippen molar-refractivity contribution in [2.45, 2.75) is 6.18 Å².